The summed E-state index contributed by atoms with van der Waals surface area (Å²) in [5.41, 5.74) is 13.3. The van der Waals surface area contributed by atoms with E-state index in [2.05, 4.69) is 140 Å². The third-order valence-corrected chi connectivity index (χ3v) is 11.1. The fourth-order valence-electron chi connectivity index (χ4n) is 8.12. The largest absolute Gasteiger partial charge is 0.455 e. The minimum absolute atomic E-state index is 0.618. The van der Waals surface area contributed by atoms with Crippen LogP contribution < -0.4 is 0 Å². The Morgan fingerprint density at radius 2 is 1.16 bits per heavy atom. The number of nitrogens with zero attached hydrogens (tertiary/aromatic N) is 3. The van der Waals surface area contributed by atoms with Crippen molar-refractivity contribution in [2.75, 3.05) is 0 Å². The molecule has 4 heteroatoms. The molecule has 2 aromatic heterocycles. The Hall–Kier alpha value is -6.65. The van der Waals surface area contributed by atoms with E-state index < -0.39 is 0 Å². The minimum atomic E-state index is 0.618. The van der Waals surface area contributed by atoms with Crippen LogP contribution in [0.3, 0.4) is 0 Å². The summed E-state index contributed by atoms with van der Waals surface area (Å²) in [5.74, 6) is 1.89. The van der Waals surface area contributed by atoms with Gasteiger partial charge in [0.25, 0.3) is 0 Å². The van der Waals surface area contributed by atoms with Crippen LogP contribution in [-0.4, -0.2) is 15.0 Å². The number of unbranched alkanes of at least 4 members (excludes halogenated alkanes) is 1. The molecule has 2 heterocycles. The van der Waals surface area contributed by atoms with Gasteiger partial charge in [-0.05, 0) is 82.0 Å². The standard InChI is InChI=1S/C51H39N3O/c1-2-3-11-33-18-20-34(21-19-33)35-22-27-39(28-23-35)50-52-49(38-13-5-4-6-14-38)53-51(54-50)44-31-30-42(48-47(44)43-16-9-10-17-46(43)55-48)40-29-26-37-25-24-36-12-7-8-15-41(36)45(37)32-40/h4-10,12-25,27-28,30-32H,2-3,11,26,29H2,1H3. The van der Waals surface area contributed by atoms with Crippen molar-refractivity contribution in [3.63, 3.8) is 0 Å². The molecule has 0 aliphatic heterocycles. The predicted octanol–water partition coefficient (Wildman–Crippen LogP) is 13.4. The molecule has 0 bridgehead atoms. The molecule has 0 spiro atoms. The first-order valence-corrected chi connectivity index (χ1v) is 19.4. The lowest BCUT2D eigenvalue weighted by molar-refractivity contribution is 0.667. The summed E-state index contributed by atoms with van der Waals surface area (Å²) in [5, 5.41) is 4.61. The summed E-state index contributed by atoms with van der Waals surface area (Å²) in [4.78, 5) is 15.4. The summed E-state index contributed by atoms with van der Waals surface area (Å²) in [7, 11) is 0. The molecule has 0 radical (unpaired) electrons. The van der Waals surface area contributed by atoms with Crippen LogP contribution in [0.5, 0.6) is 0 Å². The molecule has 0 N–H and O–H groups in total. The van der Waals surface area contributed by atoms with Gasteiger partial charge >= 0.3 is 0 Å². The van der Waals surface area contributed by atoms with Crippen molar-refractivity contribution < 1.29 is 4.42 Å². The summed E-state index contributed by atoms with van der Waals surface area (Å²) < 4.78 is 6.77. The van der Waals surface area contributed by atoms with Crippen molar-refractivity contribution in [2.45, 2.75) is 39.0 Å². The summed E-state index contributed by atoms with van der Waals surface area (Å²) in [6.45, 7) is 2.24. The van der Waals surface area contributed by atoms with Crippen LogP contribution in [0.1, 0.15) is 48.4 Å². The average molecular weight is 710 g/mol. The number of fused-ring (bicyclic) bond motifs is 6. The van der Waals surface area contributed by atoms with Gasteiger partial charge in [0.15, 0.2) is 17.5 Å². The Balaban J connectivity index is 1.11. The predicted molar refractivity (Wildman–Crippen MR) is 228 cm³/mol. The number of hydrogen-bond acceptors (Lipinski definition) is 4. The van der Waals surface area contributed by atoms with Crippen LogP contribution in [0.2, 0.25) is 0 Å². The highest BCUT2D eigenvalue weighted by molar-refractivity contribution is 6.15. The van der Waals surface area contributed by atoms with E-state index >= 15 is 0 Å². The van der Waals surface area contributed by atoms with Crippen molar-refractivity contribution in [1.29, 1.82) is 0 Å². The molecule has 264 valence electrons. The lowest BCUT2D eigenvalue weighted by Gasteiger charge is -2.19. The number of furan rings is 1. The molecule has 0 unspecified atom stereocenters. The van der Waals surface area contributed by atoms with Crippen LogP contribution in [0.15, 0.2) is 156 Å². The van der Waals surface area contributed by atoms with Crippen molar-refractivity contribution in [3.05, 3.63) is 174 Å². The number of allylic oxidation sites excluding steroid dienone is 1. The van der Waals surface area contributed by atoms with E-state index in [1.807, 2.05) is 24.3 Å². The van der Waals surface area contributed by atoms with Crippen LogP contribution >= 0.6 is 0 Å². The van der Waals surface area contributed by atoms with Crippen molar-refractivity contribution >= 4 is 44.4 Å². The van der Waals surface area contributed by atoms with Gasteiger partial charge in [0.1, 0.15) is 11.2 Å². The Morgan fingerprint density at radius 3 is 1.95 bits per heavy atom. The number of aryl methyl sites for hydroxylation is 2. The van der Waals surface area contributed by atoms with E-state index in [4.69, 9.17) is 19.4 Å². The minimum Gasteiger partial charge on any atom is -0.455 e. The fourth-order valence-corrected chi connectivity index (χ4v) is 8.12. The zero-order chi connectivity index (χ0) is 36.7. The molecule has 0 atom stereocenters. The average Bonchev–Trinajstić information content (AvgIpc) is 3.65. The molecule has 7 aromatic carbocycles. The van der Waals surface area contributed by atoms with Gasteiger partial charge in [-0.25, -0.2) is 15.0 Å². The molecule has 9 aromatic rings. The van der Waals surface area contributed by atoms with Gasteiger partial charge in [-0.2, -0.15) is 0 Å². The van der Waals surface area contributed by atoms with Gasteiger partial charge in [0.2, 0.25) is 0 Å². The zero-order valence-corrected chi connectivity index (χ0v) is 30.8. The van der Waals surface area contributed by atoms with E-state index in [1.54, 1.807) is 0 Å². The monoisotopic (exact) mass is 709 g/mol. The first kappa shape index (κ1) is 33.0. The molecule has 0 fully saturated rings. The van der Waals surface area contributed by atoms with Crippen LogP contribution in [0.25, 0.3) is 89.7 Å². The highest BCUT2D eigenvalue weighted by Gasteiger charge is 2.23. The first-order valence-electron chi connectivity index (χ1n) is 19.4. The molecule has 0 saturated heterocycles. The lowest BCUT2D eigenvalue weighted by Crippen LogP contribution is -2.02. The van der Waals surface area contributed by atoms with Crippen molar-refractivity contribution in [3.8, 4) is 45.3 Å². The van der Waals surface area contributed by atoms with E-state index in [1.165, 1.54) is 51.4 Å². The number of benzene rings is 7. The van der Waals surface area contributed by atoms with Gasteiger partial charge in [-0.15, -0.1) is 0 Å². The SMILES string of the molecule is CCCCc1ccc(-c2ccc(-c3nc(-c4ccccc4)nc(-c4ccc(C5=Cc6c(ccc7ccccc67)CC5)c5oc6ccccc6c45)n3)cc2)cc1. The number of hydrogen-bond donors (Lipinski definition) is 0. The van der Waals surface area contributed by atoms with E-state index in [9.17, 15) is 0 Å². The quantitative estimate of drug-likeness (QED) is 0.158. The van der Waals surface area contributed by atoms with Crippen LogP contribution in [0, 0.1) is 0 Å². The normalized spacial score (nSPS) is 12.6. The van der Waals surface area contributed by atoms with Crippen LogP contribution in [-0.2, 0) is 12.8 Å². The Morgan fingerprint density at radius 1 is 0.527 bits per heavy atom. The maximum atomic E-state index is 6.77. The second kappa shape index (κ2) is 14.0. The highest BCUT2D eigenvalue weighted by Crippen LogP contribution is 2.43. The third-order valence-electron chi connectivity index (χ3n) is 11.1. The second-order valence-corrected chi connectivity index (χ2v) is 14.5. The summed E-state index contributed by atoms with van der Waals surface area (Å²) >= 11 is 0. The molecular formula is C51H39N3O. The third kappa shape index (κ3) is 6.10. The molecule has 10 rings (SSSR count). The topological polar surface area (TPSA) is 51.8 Å². The molecule has 4 nitrogen and oxygen atoms in total. The van der Waals surface area contributed by atoms with E-state index in [0.717, 1.165) is 69.0 Å². The van der Waals surface area contributed by atoms with Crippen molar-refractivity contribution in [1.82, 2.24) is 15.0 Å². The molecule has 0 amide bonds. The first-order chi connectivity index (χ1) is 27.2. The number of rotatable bonds is 8. The Kier molecular flexibility index (Phi) is 8.37. The van der Waals surface area contributed by atoms with Crippen LogP contribution in [0.4, 0.5) is 0 Å². The molecular weight excluding hydrogens is 671 g/mol. The molecule has 55 heavy (non-hydrogen) atoms. The highest BCUT2D eigenvalue weighted by atomic mass is 16.3. The zero-order valence-electron chi connectivity index (χ0n) is 30.8. The van der Waals surface area contributed by atoms with E-state index in [0.29, 0.717) is 17.5 Å². The maximum Gasteiger partial charge on any atom is 0.164 e. The smallest absolute Gasteiger partial charge is 0.164 e. The van der Waals surface area contributed by atoms with Gasteiger partial charge in [-0.1, -0.05) is 159 Å². The van der Waals surface area contributed by atoms with Gasteiger partial charge < -0.3 is 4.42 Å². The van der Waals surface area contributed by atoms with E-state index in [-0.39, 0.29) is 0 Å². The molecule has 1 aliphatic rings. The Labute approximate surface area is 320 Å². The second-order valence-electron chi connectivity index (χ2n) is 14.5. The van der Waals surface area contributed by atoms with Crippen molar-refractivity contribution in [2.24, 2.45) is 0 Å². The number of aromatic nitrogens is 3. The molecule has 1 aliphatic carbocycles. The van der Waals surface area contributed by atoms with Gasteiger partial charge in [-0.3, -0.25) is 0 Å². The number of para-hydroxylation sites is 1. The van der Waals surface area contributed by atoms with Gasteiger partial charge in [0, 0.05) is 33.0 Å². The fraction of sp³-hybridized carbons (Fsp3) is 0.118. The summed E-state index contributed by atoms with van der Waals surface area (Å²) in [6.07, 6.45) is 7.83. The Bertz CT molecular complexity index is 2890. The lowest BCUT2D eigenvalue weighted by atomic mass is 9.85. The van der Waals surface area contributed by atoms with Gasteiger partial charge in [0.05, 0.1) is 0 Å². The summed E-state index contributed by atoms with van der Waals surface area (Å²) in [6, 6.07) is 53.6. The molecule has 0 saturated carbocycles. The maximum absolute atomic E-state index is 6.77.